The first-order valence-electron chi connectivity index (χ1n) is 6.83. The van der Waals surface area contributed by atoms with Crippen LogP contribution in [0.3, 0.4) is 0 Å². The number of hydrogen-bond acceptors (Lipinski definition) is 3. The van der Waals surface area contributed by atoms with Gasteiger partial charge in [0.05, 0.1) is 11.5 Å². The Hall–Kier alpha value is -1.62. The van der Waals surface area contributed by atoms with Crippen molar-refractivity contribution in [3.8, 4) is 0 Å². The van der Waals surface area contributed by atoms with Crippen molar-refractivity contribution in [3.63, 3.8) is 0 Å². The number of benzene rings is 2. The van der Waals surface area contributed by atoms with Gasteiger partial charge in [-0.15, -0.1) is 0 Å². The lowest BCUT2D eigenvalue weighted by molar-refractivity contribution is 0.357. The molecule has 22 heavy (non-hydrogen) atoms. The molecule has 2 aromatic carbocycles. The zero-order valence-corrected chi connectivity index (χ0v) is 13.8. The van der Waals surface area contributed by atoms with Crippen LogP contribution in [0.15, 0.2) is 65.6 Å². The highest BCUT2D eigenvalue weighted by atomic mass is 35.5. The normalized spacial score (nSPS) is 11.9. The summed E-state index contributed by atoms with van der Waals surface area (Å²) in [5.41, 5.74) is 2.10. The molecule has 0 amide bonds. The van der Waals surface area contributed by atoms with Gasteiger partial charge in [0.15, 0.2) is 0 Å². The van der Waals surface area contributed by atoms with Gasteiger partial charge in [-0.05, 0) is 43.2 Å². The summed E-state index contributed by atoms with van der Waals surface area (Å²) in [5, 5.41) is 0.695. The van der Waals surface area contributed by atoms with Crippen LogP contribution in [0.1, 0.15) is 11.1 Å². The molecule has 0 saturated carbocycles. The summed E-state index contributed by atoms with van der Waals surface area (Å²) < 4.78 is 28.9. The van der Waals surface area contributed by atoms with E-state index in [4.69, 9.17) is 15.8 Å². The molecule has 0 unspecified atom stereocenters. The van der Waals surface area contributed by atoms with Crippen molar-refractivity contribution in [1.82, 2.24) is 0 Å². The summed E-state index contributed by atoms with van der Waals surface area (Å²) in [7, 11) is -3.70. The van der Waals surface area contributed by atoms with E-state index in [1.54, 1.807) is 30.3 Å². The minimum absolute atomic E-state index is 0.0177. The van der Waals surface area contributed by atoms with Crippen LogP contribution in [0.5, 0.6) is 0 Å². The van der Waals surface area contributed by atoms with Crippen molar-refractivity contribution in [2.24, 2.45) is 0 Å². The molecule has 0 saturated heterocycles. The fraction of sp³-hybridized carbons (Fsp3) is 0.176. The Labute approximate surface area is 136 Å². The van der Waals surface area contributed by atoms with E-state index in [9.17, 15) is 8.42 Å². The summed E-state index contributed by atoms with van der Waals surface area (Å²) in [4.78, 5) is 0.171. The van der Waals surface area contributed by atoms with Gasteiger partial charge >= 0.3 is 0 Å². The lowest BCUT2D eigenvalue weighted by Crippen LogP contribution is -2.06. The molecule has 2 aromatic rings. The summed E-state index contributed by atoms with van der Waals surface area (Å²) in [6.07, 6.45) is 4.26. The molecule has 0 spiro atoms. The summed E-state index contributed by atoms with van der Waals surface area (Å²) in [5.74, 6) is 0. The first kappa shape index (κ1) is 16.7. The molecule has 2 rings (SSSR count). The molecular formula is C17H17ClO3S. The first-order chi connectivity index (χ1) is 10.5. The van der Waals surface area contributed by atoms with E-state index < -0.39 is 10.1 Å². The SMILES string of the molecule is Cc1ccc(S(=O)(=O)OC/C=C\Cc2ccc(Cl)cc2)cc1. The Morgan fingerprint density at radius 2 is 1.64 bits per heavy atom. The van der Waals surface area contributed by atoms with Crippen molar-refractivity contribution in [1.29, 1.82) is 0 Å². The first-order valence-corrected chi connectivity index (χ1v) is 8.61. The Kier molecular flexibility index (Phi) is 5.77. The molecular weight excluding hydrogens is 320 g/mol. The fourth-order valence-corrected chi connectivity index (χ4v) is 2.80. The highest BCUT2D eigenvalue weighted by molar-refractivity contribution is 7.86. The number of aryl methyl sites for hydroxylation is 1. The average molecular weight is 337 g/mol. The van der Waals surface area contributed by atoms with Crippen LogP contribution < -0.4 is 0 Å². The molecule has 0 N–H and O–H groups in total. The molecule has 0 heterocycles. The second-order valence-corrected chi connectivity index (χ2v) is 6.91. The standard InChI is InChI=1S/C17H17ClO3S/c1-14-5-11-17(12-6-14)22(19,20)21-13-3-2-4-15-7-9-16(18)10-8-15/h2-3,5-12H,4,13H2,1H3/b3-2-. The summed E-state index contributed by atoms with van der Waals surface area (Å²) in [6, 6.07) is 14.1. The molecule has 0 fully saturated rings. The van der Waals surface area contributed by atoms with E-state index in [1.807, 2.05) is 37.3 Å². The highest BCUT2D eigenvalue weighted by Crippen LogP contribution is 2.13. The Balaban J connectivity index is 1.86. The number of allylic oxidation sites excluding steroid dienone is 1. The summed E-state index contributed by atoms with van der Waals surface area (Å²) >= 11 is 5.81. The van der Waals surface area contributed by atoms with E-state index in [0.29, 0.717) is 11.4 Å². The van der Waals surface area contributed by atoms with Crippen LogP contribution >= 0.6 is 11.6 Å². The van der Waals surface area contributed by atoms with Gasteiger partial charge in [0.1, 0.15) is 0 Å². The average Bonchev–Trinajstić information content (AvgIpc) is 2.49. The second kappa shape index (κ2) is 7.58. The number of rotatable bonds is 6. The van der Waals surface area contributed by atoms with Gasteiger partial charge in [-0.2, -0.15) is 8.42 Å². The van der Waals surface area contributed by atoms with Crippen LogP contribution in [-0.2, 0) is 20.7 Å². The van der Waals surface area contributed by atoms with Crippen molar-refractivity contribution in [3.05, 3.63) is 76.8 Å². The van der Waals surface area contributed by atoms with Gasteiger partial charge < -0.3 is 0 Å². The van der Waals surface area contributed by atoms with E-state index in [1.165, 1.54) is 0 Å². The summed E-state index contributed by atoms with van der Waals surface area (Å²) in [6.45, 7) is 1.92. The Bertz CT molecular complexity index is 732. The van der Waals surface area contributed by atoms with E-state index in [-0.39, 0.29) is 11.5 Å². The third-order valence-electron chi connectivity index (χ3n) is 3.06. The van der Waals surface area contributed by atoms with Crippen LogP contribution in [0.4, 0.5) is 0 Å². The molecule has 0 aliphatic carbocycles. The van der Waals surface area contributed by atoms with Gasteiger partial charge in [-0.25, -0.2) is 0 Å². The molecule has 3 nitrogen and oxygen atoms in total. The van der Waals surface area contributed by atoms with Crippen LogP contribution in [0.2, 0.25) is 5.02 Å². The minimum Gasteiger partial charge on any atom is -0.262 e. The molecule has 5 heteroatoms. The molecule has 0 aliphatic rings. The van der Waals surface area contributed by atoms with Crippen LogP contribution in [0.25, 0.3) is 0 Å². The number of hydrogen-bond donors (Lipinski definition) is 0. The monoisotopic (exact) mass is 336 g/mol. The molecule has 0 aromatic heterocycles. The molecule has 0 radical (unpaired) electrons. The molecule has 0 aliphatic heterocycles. The zero-order chi connectivity index (χ0) is 16.0. The van der Waals surface area contributed by atoms with Gasteiger partial charge in [-0.1, -0.05) is 53.6 Å². The Morgan fingerprint density at radius 3 is 2.27 bits per heavy atom. The predicted molar refractivity (Wildman–Crippen MR) is 88.6 cm³/mol. The van der Waals surface area contributed by atoms with E-state index in [2.05, 4.69) is 0 Å². The van der Waals surface area contributed by atoms with Crippen molar-refractivity contribution >= 4 is 21.7 Å². The lowest BCUT2D eigenvalue weighted by Gasteiger charge is -2.03. The van der Waals surface area contributed by atoms with Crippen molar-refractivity contribution in [2.75, 3.05) is 6.61 Å². The minimum atomic E-state index is -3.70. The maximum atomic E-state index is 11.9. The van der Waals surface area contributed by atoms with Crippen molar-refractivity contribution < 1.29 is 12.6 Å². The number of halogens is 1. The van der Waals surface area contributed by atoms with E-state index >= 15 is 0 Å². The molecule has 0 bridgehead atoms. The second-order valence-electron chi connectivity index (χ2n) is 4.85. The third kappa shape index (κ3) is 4.98. The predicted octanol–water partition coefficient (Wildman–Crippen LogP) is 4.15. The van der Waals surface area contributed by atoms with E-state index in [0.717, 1.165) is 11.1 Å². The maximum absolute atomic E-state index is 11.9. The van der Waals surface area contributed by atoms with Gasteiger partial charge in [0.25, 0.3) is 10.1 Å². The maximum Gasteiger partial charge on any atom is 0.297 e. The quantitative estimate of drug-likeness (QED) is 0.588. The highest BCUT2D eigenvalue weighted by Gasteiger charge is 2.13. The topological polar surface area (TPSA) is 43.4 Å². The van der Waals surface area contributed by atoms with Gasteiger partial charge in [-0.3, -0.25) is 4.18 Å². The largest absolute Gasteiger partial charge is 0.297 e. The lowest BCUT2D eigenvalue weighted by atomic mass is 10.1. The third-order valence-corrected chi connectivity index (χ3v) is 4.61. The van der Waals surface area contributed by atoms with Crippen LogP contribution in [-0.4, -0.2) is 15.0 Å². The van der Waals surface area contributed by atoms with Crippen LogP contribution in [0, 0.1) is 6.92 Å². The van der Waals surface area contributed by atoms with Gasteiger partial charge in [0, 0.05) is 5.02 Å². The smallest absolute Gasteiger partial charge is 0.262 e. The zero-order valence-electron chi connectivity index (χ0n) is 12.2. The van der Waals surface area contributed by atoms with Gasteiger partial charge in [0.2, 0.25) is 0 Å². The Morgan fingerprint density at radius 1 is 1.00 bits per heavy atom. The fourth-order valence-electron chi connectivity index (χ4n) is 1.81. The van der Waals surface area contributed by atoms with Crippen molar-refractivity contribution in [2.45, 2.75) is 18.2 Å². The molecule has 116 valence electrons. The molecule has 0 atom stereocenters.